The van der Waals surface area contributed by atoms with Crippen molar-refractivity contribution in [3.8, 4) is 28.6 Å². The predicted octanol–water partition coefficient (Wildman–Crippen LogP) is 5.06. The van der Waals surface area contributed by atoms with E-state index >= 15 is 0 Å². The summed E-state index contributed by atoms with van der Waals surface area (Å²) in [5.41, 5.74) is 5.97. The van der Waals surface area contributed by atoms with Crippen molar-refractivity contribution in [1.29, 1.82) is 0 Å². The van der Waals surface area contributed by atoms with E-state index in [0.717, 1.165) is 28.3 Å². The molecule has 0 aliphatic carbocycles. The number of rotatable bonds is 10. The second-order valence-electron chi connectivity index (χ2n) is 7.72. The highest BCUT2D eigenvalue weighted by Crippen LogP contribution is 2.28. The number of amides is 1. The number of carbonyl (C=O) groups is 1. The normalized spacial score (nSPS) is 11.3. The lowest BCUT2D eigenvalue weighted by Crippen LogP contribution is -2.22. The zero-order valence-corrected chi connectivity index (χ0v) is 20.9. The van der Waals surface area contributed by atoms with Gasteiger partial charge in [-0.1, -0.05) is 49.0 Å². The predicted molar refractivity (Wildman–Crippen MR) is 142 cm³/mol. The first-order valence-corrected chi connectivity index (χ1v) is 12.6. The number of ether oxygens (including phenoxy) is 1. The summed E-state index contributed by atoms with van der Waals surface area (Å²) in [4.78, 5) is 12.6. The average molecular weight is 502 g/mol. The van der Waals surface area contributed by atoms with Crippen LogP contribution in [0.25, 0.3) is 17.1 Å². The Balaban J connectivity index is 1.53. The number of phenols is 1. The monoisotopic (exact) mass is 501 g/mol. The van der Waals surface area contributed by atoms with E-state index in [2.05, 4.69) is 20.7 Å². The summed E-state index contributed by atoms with van der Waals surface area (Å²) in [5, 5.41) is 23.1. The molecule has 1 heterocycles. The molecule has 3 aromatic carbocycles. The molecule has 0 fully saturated rings. The Bertz CT molecular complexity index is 1320. The number of aromatic hydroxyl groups is 1. The molecule has 1 aromatic heterocycles. The molecule has 0 saturated carbocycles. The molecule has 0 aliphatic heterocycles. The quantitative estimate of drug-likeness (QED) is 0.179. The van der Waals surface area contributed by atoms with Gasteiger partial charge in [0.15, 0.2) is 11.0 Å². The molecule has 8 nitrogen and oxygen atoms in total. The topological polar surface area (TPSA) is 102 Å². The second-order valence-corrected chi connectivity index (χ2v) is 8.66. The molecule has 0 radical (unpaired) electrons. The maximum atomic E-state index is 12.6. The zero-order chi connectivity index (χ0) is 25.3. The minimum absolute atomic E-state index is 0.111. The van der Waals surface area contributed by atoms with Gasteiger partial charge in [-0.25, -0.2) is 5.43 Å². The number of nitrogens with one attached hydrogen (secondary N) is 1. The Kier molecular flexibility index (Phi) is 8.36. The van der Waals surface area contributed by atoms with Gasteiger partial charge in [0, 0.05) is 11.3 Å². The van der Waals surface area contributed by atoms with E-state index in [-0.39, 0.29) is 17.4 Å². The third-order valence-electron chi connectivity index (χ3n) is 5.25. The molecular formula is C27H27N5O3S. The van der Waals surface area contributed by atoms with Gasteiger partial charge in [-0.15, -0.1) is 10.2 Å². The zero-order valence-electron chi connectivity index (χ0n) is 20.1. The highest BCUT2D eigenvalue weighted by Gasteiger charge is 2.17. The molecule has 4 aromatic rings. The summed E-state index contributed by atoms with van der Waals surface area (Å²) < 4.78 is 7.50. The van der Waals surface area contributed by atoms with Crippen LogP contribution < -0.4 is 10.2 Å². The summed E-state index contributed by atoms with van der Waals surface area (Å²) in [5.74, 6) is 1.50. The number of benzene rings is 3. The number of hydrogen-bond acceptors (Lipinski definition) is 7. The van der Waals surface area contributed by atoms with E-state index in [9.17, 15) is 9.90 Å². The number of hydrazone groups is 1. The lowest BCUT2D eigenvalue weighted by molar-refractivity contribution is -0.118. The number of nitrogens with zero attached hydrogens (tertiary/aromatic N) is 4. The average Bonchev–Trinajstić information content (AvgIpc) is 3.34. The Morgan fingerprint density at radius 2 is 1.72 bits per heavy atom. The van der Waals surface area contributed by atoms with Crippen molar-refractivity contribution in [1.82, 2.24) is 20.2 Å². The van der Waals surface area contributed by atoms with Gasteiger partial charge in [0.05, 0.1) is 18.1 Å². The molecule has 0 spiro atoms. The third-order valence-corrected chi connectivity index (χ3v) is 6.18. The summed E-state index contributed by atoms with van der Waals surface area (Å²) in [6.07, 6.45) is 0.630. The largest absolute Gasteiger partial charge is 0.508 e. The van der Waals surface area contributed by atoms with Crippen molar-refractivity contribution < 1.29 is 14.6 Å². The van der Waals surface area contributed by atoms with Crippen LogP contribution in [0.1, 0.15) is 25.8 Å². The van der Waals surface area contributed by atoms with Crippen LogP contribution in [0.2, 0.25) is 0 Å². The van der Waals surface area contributed by atoms with Gasteiger partial charge < -0.3 is 9.84 Å². The van der Waals surface area contributed by atoms with Gasteiger partial charge >= 0.3 is 0 Å². The number of thioether (sulfide) groups is 1. The fourth-order valence-electron chi connectivity index (χ4n) is 3.52. The van der Waals surface area contributed by atoms with Crippen LogP contribution in [0.3, 0.4) is 0 Å². The van der Waals surface area contributed by atoms with Crippen LogP contribution >= 0.6 is 11.8 Å². The molecule has 9 heteroatoms. The smallest absolute Gasteiger partial charge is 0.250 e. The highest BCUT2D eigenvalue weighted by molar-refractivity contribution is 7.99. The van der Waals surface area contributed by atoms with Gasteiger partial charge in [0.1, 0.15) is 11.5 Å². The van der Waals surface area contributed by atoms with E-state index in [0.29, 0.717) is 24.0 Å². The lowest BCUT2D eigenvalue weighted by Gasteiger charge is -2.11. The molecular weight excluding hydrogens is 474 g/mol. The molecule has 2 N–H and O–H groups in total. The maximum Gasteiger partial charge on any atom is 0.250 e. The Morgan fingerprint density at radius 3 is 2.39 bits per heavy atom. The van der Waals surface area contributed by atoms with Gasteiger partial charge in [-0.3, -0.25) is 9.36 Å². The summed E-state index contributed by atoms with van der Waals surface area (Å²) in [6.45, 7) is 4.49. The van der Waals surface area contributed by atoms with Crippen molar-refractivity contribution in [2.45, 2.75) is 25.4 Å². The Labute approximate surface area is 214 Å². The molecule has 0 saturated heterocycles. The minimum Gasteiger partial charge on any atom is -0.508 e. The molecule has 1 amide bonds. The van der Waals surface area contributed by atoms with Crippen LogP contribution in [0.4, 0.5) is 0 Å². The van der Waals surface area contributed by atoms with Gasteiger partial charge in [-0.05, 0) is 67.4 Å². The number of carbonyl (C=O) groups excluding carboxylic acids is 1. The Hall–Kier alpha value is -4.11. The molecule has 0 unspecified atom stereocenters. The molecule has 0 aliphatic rings. The summed E-state index contributed by atoms with van der Waals surface area (Å²) >= 11 is 1.28. The lowest BCUT2D eigenvalue weighted by atomic mass is 10.1. The first kappa shape index (κ1) is 25.0. The number of phenolic OH excluding ortho intramolecular Hbond substituents is 1. The standard InChI is InChI=1S/C27H27N5O3S/c1-3-24(19-10-14-22(33)15-11-19)28-29-25(34)18-36-27-31-30-26(20-8-6-5-7-9-20)32(27)21-12-16-23(17-13-21)35-4-2/h5-17,33H,3-4,18H2,1-2H3,(H,29,34)/b28-24+. The number of aromatic nitrogens is 3. The molecule has 4 rings (SSSR count). The molecule has 0 atom stereocenters. The van der Waals surface area contributed by atoms with Crippen LogP contribution in [0, 0.1) is 0 Å². The third kappa shape index (κ3) is 6.11. The van der Waals surface area contributed by atoms with E-state index in [1.54, 1.807) is 24.3 Å². The van der Waals surface area contributed by atoms with E-state index in [4.69, 9.17) is 4.74 Å². The van der Waals surface area contributed by atoms with Crippen LogP contribution in [0.15, 0.2) is 89.1 Å². The van der Waals surface area contributed by atoms with Gasteiger partial charge in [-0.2, -0.15) is 5.10 Å². The first-order chi connectivity index (χ1) is 17.6. The molecule has 36 heavy (non-hydrogen) atoms. The van der Waals surface area contributed by atoms with Crippen molar-refractivity contribution >= 4 is 23.4 Å². The van der Waals surface area contributed by atoms with Crippen LogP contribution in [-0.2, 0) is 4.79 Å². The molecule has 0 bridgehead atoms. The fourth-order valence-corrected chi connectivity index (χ4v) is 4.27. The number of hydrogen-bond donors (Lipinski definition) is 2. The van der Waals surface area contributed by atoms with E-state index in [1.165, 1.54) is 11.8 Å². The Morgan fingerprint density at radius 1 is 1.00 bits per heavy atom. The van der Waals surface area contributed by atoms with Crippen molar-refractivity contribution in [2.75, 3.05) is 12.4 Å². The van der Waals surface area contributed by atoms with Crippen molar-refractivity contribution in [3.05, 3.63) is 84.4 Å². The van der Waals surface area contributed by atoms with Crippen molar-refractivity contribution in [3.63, 3.8) is 0 Å². The van der Waals surface area contributed by atoms with E-state index < -0.39 is 0 Å². The molecule has 184 valence electrons. The van der Waals surface area contributed by atoms with Gasteiger partial charge in [0.2, 0.25) is 0 Å². The highest BCUT2D eigenvalue weighted by atomic mass is 32.2. The van der Waals surface area contributed by atoms with Crippen LogP contribution in [0.5, 0.6) is 11.5 Å². The minimum atomic E-state index is -0.257. The fraction of sp³-hybridized carbons (Fsp3) is 0.185. The van der Waals surface area contributed by atoms with Crippen LogP contribution in [-0.4, -0.2) is 43.8 Å². The maximum absolute atomic E-state index is 12.6. The van der Waals surface area contributed by atoms with Crippen molar-refractivity contribution in [2.24, 2.45) is 5.10 Å². The SMILES string of the molecule is CCOc1ccc(-n2c(SCC(=O)N/N=C(\CC)c3ccc(O)cc3)nnc2-c2ccccc2)cc1. The summed E-state index contributed by atoms with van der Waals surface area (Å²) in [6, 6.07) is 24.2. The second kappa shape index (κ2) is 12.0. The first-order valence-electron chi connectivity index (χ1n) is 11.6. The van der Waals surface area contributed by atoms with Gasteiger partial charge in [0.25, 0.3) is 5.91 Å². The van der Waals surface area contributed by atoms with E-state index in [1.807, 2.05) is 73.0 Å². The summed E-state index contributed by atoms with van der Waals surface area (Å²) in [7, 11) is 0.